The molecule has 0 saturated carbocycles. The average Bonchev–Trinajstić information content (AvgIpc) is 2.95. The minimum absolute atomic E-state index is 0.181. The largest absolute Gasteiger partial charge is 0.479 e. The van der Waals surface area contributed by atoms with E-state index >= 15 is 0 Å². The average molecular weight is 287 g/mol. The Bertz CT molecular complexity index is 635. The third kappa shape index (κ3) is 3.47. The molecule has 1 heterocycles. The Morgan fingerprint density at radius 2 is 1.90 bits per heavy atom. The van der Waals surface area contributed by atoms with E-state index in [9.17, 15) is 14.7 Å². The minimum atomic E-state index is -1.12. The van der Waals surface area contributed by atoms with Crippen LogP contribution in [0.3, 0.4) is 0 Å². The lowest BCUT2D eigenvalue weighted by atomic mass is 10.1. The highest BCUT2D eigenvalue weighted by Crippen LogP contribution is 2.15. The molecule has 2 aromatic rings. The fraction of sp³-hybridized carbons (Fsp3) is 0.267. The number of aliphatic carboxylic acids is 1. The lowest BCUT2D eigenvalue weighted by Gasteiger charge is -2.13. The Labute approximate surface area is 122 Å². The summed E-state index contributed by atoms with van der Waals surface area (Å²) in [5.41, 5.74) is 1.52. The first-order valence-corrected chi connectivity index (χ1v) is 6.63. The van der Waals surface area contributed by atoms with E-state index in [1.54, 1.807) is 36.4 Å². The van der Waals surface area contributed by atoms with Crippen molar-refractivity contribution in [1.82, 2.24) is 15.5 Å². The van der Waals surface area contributed by atoms with Crippen LogP contribution in [0.1, 0.15) is 47.6 Å². The summed E-state index contributed by atoms with van der Waals surface area (Å²) in [7, 11) is 0. The number of hydrogen-bond donors (Lipinski definition) is 3. The van der Waals surface area contributed by atoms with Crippen molar-refractivity contribution in [3.8, 4) is 0 Å². The molecular formula is C15H17N3O3. The van der Waals surface area contributed by atoms with Crippen molar-refractivity contribution in [2.24, 2.45) is 0 Å². The molecule has 0 aliphatic rings. The van der Waals surface area contributed by atoms with Crippen molar-refractivity contribution in [3.63, 3.8) is 0 Å². The normalized spacial score (nSPS) is 12.1. The van der Waals surface area contributed by atoms with Gasteiger partial charge in [0.1, 0.15) is 5.69 Å². The van der Waals surface area contributed by atoms with Crippen molar-refractivity contribution in [2.75, 3.05) is 0 Å². The maximum Gasteiger partial charge on any atom is 0.330 e. The summed E-state index contributed by atoms with van der Waals surface area (Å²) < 4.78 is 0. The number of aromatic nitrogens is 2. The molecule has 1 aromatic heterocycles. The van der Waals surface area contributed by atoms with Crippen molar-refractivity contribution in [2.45, 2.75) is 25.8 Å². The van der Waals surface area contributed by atoms with Crippen LogP contribution in [-0.4, -0.2) is 27.2 Å². The van der Waals surface area contributed by atoms with Gasteiger partial charge < -0.3 is 10.4 Å². The molecule has 0 aliphatic heterocycles. The van der Waals surface area contributed by atoms with Crippen LogP contribution >= 0.6 is 0 Å². The van der Waals surface area contributed by atoms with Crippen molar-refractivity contribution in [3.05, 3.63) is 53.3 Å². The number of rotatable bonds is 5. The highest BCUT2D eigenvalue weighted by Gasteiger charge is 2.23. The van der Waals surface area contributed by atoms with E-state index < -0.39 is 17.9 Å². The molecule has 21 heavy (non-hydrogen) atoms. The topological polar surface area (TPSA) is 95.1 Å². The Balaban J connectivity index is 2.17. The maximum atomic E-state index is 12.1. The Kier molecular flexibility index (Phi) is 4.37. The zero-order valence-corrected chi connectivity index (χ0v) is 11.8. The third-order valence-electron chi connectivity index (χ3n) is 3.11. The summed E-state index contributed by atoms with van der Waals surface area (Å²) in [5, 5.41) is 18.4. The molecule has 1 atom stereocenters. The molecule has 6 nitrogen and oxygen atoms in total. The van der Waals surface area contributed by atoms with Gasteiger partial charge in [-0.05, 0) is 17.5 Å². The summed E-state index contributed by atoms with van der Waals surface area (Å²) >= 11 is 0. The van der Waals surface area contributed by atoms with Crippen LogP contribution in [0.4, 0.5) is 0 Å². The van der Waals surface area contributed by atoms with Crippen LogP contribution in [0.2, 0.25) is 0 Å². The van der Waals surface area contributed by atoms with E-state index in [0.29, 0.717) is 5.56 Å². The second-order valence-electron chi connectivity index (χ2n) is 5.02. The van der Waals surface area contributed by atoms with E-state index in [0.717, 1.165) is 5.69 Å². The quantitative estimate of drug-likeness (QED) is 0.784. The Morgan fingerprint density at radius 3 is 2.43 bits per heavy atom. The van der Waals surface area contributed by atoms with Crippen molar-refractivity contribution >= 4 is 11.9 Å². The summed E-state index contributed by atoms with van der Waals surface area (Å²) in [4.78, 5) is 23.4. The van der Waals surface area contributed by atoms with Gasteiger partial charge in [0.05, 0.1) is 0 Å². The first-order valence-electron chi connectivity index (χ1n) is 6.63. The molecule has 110 valence electrons. The number of carboxylic acids is 1. The summed E-state index contributed by atoms with van der Waals surface area (Å²) in [6.07, 6.45) is 0. The molecular weight excluding hydrogens is 270 g/mol. The van der Waals surface area contributed by atoms with Crippen LogP contribution < -0.4 is 5.32 Å². The molecule has 0 radical (unpaired) electrons. The summed E-state index contributed by atoms with van der Waals surface area (Å²) in [6, 6.07) is 9.08. The summed E-state index contributed by atoms with van der Waals surface area (Å²) in [6.45, 7) is 3.94. The number of carbonyl (C=O) groups excluding carboxylic acids is 1. The number of hydrogen-bond acceptors (Lipinski definition) is 3. The smallest absolute Gasteiger partial charge is 0.330 e. The lowest BCUT2D eigenvalue weighted by Crippen LogP contribution is -2.33. The van der Waals surface area contributed by atoms with Gasteiger partial charge in [-0.1, -0.05) is 44.2 Å². The fourth-order valence-electron chi connectivity index (χ4n) is 1.89. The highest BCUT2D eigenvalue weighted by atomic mass is 16.4. The predicted molar refractivity (Wildman–Crippen MR) is 77.0 cm³/mol. The van der Waals surface area contributed by atoms with E-state index in [-0.39, 0.29) is 11.6 Å². The van der Waals surface area contributed by atoms with E-state index in [1.807, 2.05) is 13.8 Å². The molecule has 3 N–H and O–H groups in total. The van der Waals surface area contributed by atoms with Gasteiger partial charge in [-0.15, -0.1) is 0 Å². The molecule has 0 fully saturated rings. The number of benzene rings is 1. The van der Waals surface area contributed by atoms with Gasteiger partial charge in [0, 0.05) is 5.69 Å². The highest BCUT2D eigenvalue weighted by molar-refractivity contribution is 5.95. The zero-order valence-electron chi connectivity index (χ0n) is 11.8. The van der Waals surface area contributed by atoms with Gasteiger partial charge >= 0.3 is 5.97 Å². The van der Waals surface area contributed by atoms with Crippen LogP contribution in [0, 0.1) is 0 Å². The van der Waals surface area contributed by atoms with Gasteiger partial charge in [-0.2, -0.15) is 5.10 Å². The number of carboxylic acid groups (broad SMARTS) is 1. The Morgan fingerprint density at radius 1 is 1.24 bits per heavy atom. The number of H-pyrrole nitrogens is 1. The molecule has 0 aliphatic carbocycles. The van der Waals surface area contributed by atoms with Crippen molar-refractivity contribution < 1.29 is 14.7 Å². The first kappa shape index (κ1) is 14.8. The molecule has 1 amide bonds. The number of nitrogens with zero attached hydrogens (tertiary/aromatic N) is 1. The van der Waals surface area contributed by atoms with Crippen LogP contribution in [0.15, 0.2) is 36.4 Å². The number of carbonyl (C=O) groups is 2. The van der Waals surface area contributed by atoms with Gasteiger partial charge in [0.15, 0.2) is 6.04 Å². The Hall–Kier alpha value is -2.63. The van der Waals surface area contributed by atoms with Gasteiger partial charge in [-0.3, -0.25) is 9.89 Å². The third-order valence-corrected chi connectivity index (χ3v) is 3.11. The maximum absolute atomic E-state index is 12.1. The summed E-state index contributed by atoms with van der Waals surface area (Å²) in [5.74, 6) is -1.42. The fourth-order valence-corrected chi connectivity index (χ4v) is 1.89. The minimum Gasteiger partial charge on any atom is -0.479 e. The van der Waals surface area contributed by atoms with E-state index in [4.69, 9.17) is 0 Å². The molecule has 0 bridgehead atoms. The van der Waals surface area contributed by atoms with Crippen molar-refractivity contribution in [1.29, 1.82) is 0 Å². The van der Waals surface area contributed by atoms with Gasteiger partial charge in [0.2, 0.25) is 0 Å². The molecule has 6 heteroatoms. The second kappa shape index (κ2) is 6.21. The lowest BCUT2D eigenvalue weighted by molar-refractivity contribution is -0.139. The SMILES string of the molecule is CC(C)c1cc(C(=O)N[C@@H](C(=O)O)c2ccccc2)n[nH]1. The predicted octanol–water partition coefficient (Wildman–Crippen LogP) is 2.09. The number of aromatic amines is 1. The molecule has 0 spiro atoms. The van der Waals surface area contributed by atoms with E-state index in [1.165, 1.54) is 0 Å². The monoisotopic (exact) mass is 287 g/mol. The van der Waals surface area contributed by atoms with Gasteiger partial charge in [0.25, 0.3) is 5.91 Å². The molecule has 0 unspecified atom stereocenters. The van der Waals surface area contributed by atoms with E-state index in [2.05, 4.69) is 15.5 Å². The van der Waals surface area contributed by atoms with Crippen LogP contribution in [0.5, 0.6) is 0 Å². The van der Waals surface area contributed by atoms with Gasteiger partial charge in [-0.25, -0.2) is 4.79 Å². The molecule has 2 rings (SSSR count). The second-order valence-corrected chi connectivity index (χ2v) is 5.02. The zero-order chi connectivity index (χ0) is 15.4. The molecule has 1 aromatic carbocycles. The number of nitrogens with one attached hydrogen (secondary N) is 2. The molecule has 0 saturated heterocycles. The van der Waals surface area contributed by atoms with Crippen LogP contribution in [-0.2, 0) is 4.79 Å². The number of amides is 1. The first-order chi connectivity index (χ1) is 9.99. The van der Waals surface area contributed by atoms with Crippen LogP contribution in [0.25, 0.3) is 0 Å². The standard InChI is InChI=1S/C15H17N3O3/c1-9(2)11-8-12(18-17-11)14(19)16-13(15(20)21)10-6-4-3-5-7-10/h3-9,13H,1-2H3,(H,16,19)(H,17,18)(H,20,21)/t13-/m1/s1.